The van der Waals surface area contributed by atoms with Crippen LogP contribution in [-0.4, -0.2) is 30.6 Å². The summed E-state index contributed by atoms with van der Waals surface area (Å²) >= 11 is 0. The van der Waals surface area contributed by atoms with E-state index in [0.717, 1.165) is 25.8 Å². The molecule has 0 aliphatic carbocycles. The van der Waals surface area contributed by atoms with Crippen LogP contribution in [-0.2, 0) is 4.79 Å². The van der Waals surface area contributed by atoms with Gasteiger partial charge < -0.3 is 10.4 Å². The molecule has 0 saturated heterocycles. The highest BCUT2D eigenvalue weighted by atomic mass is 16.3. The molecule has 0 radical (unpaired) electrons. The Morgan fingerprint density at radius 3 is 1.30 bits per heavy atom. The highest BCUT2D eigenvalue weighted by Crippen LogP contribution is 2.15. The molecule has 0 amide bonds. The molecule has 180 valence electrons. The molecule has 0 aliphatic rings. The second kappa shape index (κ2) is 26.6. The fourth-order valence-electron chi connectivity index (χ4n) is 4.14. The molecule has 0 saturated carbocycles. The van der Waals surface area contributed by atoms with E-state index >= 15 is 0 Å². The Kier molecular flexibility index (Phi) is 26.3. The Balaban J connectivity index is 3.08. The standard InChI is InChI=1S/C27H55NO2/c1-2-3-4-5-6-7-8-9-10-11-12-13-14-15-16-17-18-19-20-22-27(30)23-21-24-28-25-26-29/h28-29H,2-26H2,1H3. The highest BCUT2D eigenvalue weighted by Gasteiger charge is 2.01. The summed E-state index contributed by atoms with van der Waals surface area (Å²) < 4.78 is 0. The molecule has 30 heavy (non-hydrogen) atoms. The third-order valence-electron chi connectivity index (χ3n) is 6.16. The predicted octanol–water partition coefficient (Wildman–Crippen LogP) is 7.74. The van der Waals surface area contributed by atoms with Crippen molar-refractivity contribution in [2.45, 2.75) is 148 Å². The van der Waals surface area contributed by atoms with Crippen molar-refractivity contribution in [1.29, 1.82) is 0 Å². The van der Waals surface area contributed by atoms with Crippen molar-refractivity contribution in [3.8, 4) is 0 Å². The van der Waals surface area contributed by atoms with Crippen LogP contribution in [0.25, 0.3) is 0 Å². The molecule has 0 bridgehead atoms. The minimum atomic E-state index is 0.174. The monoisotopic (exact) mass is 425 g/mol. The lowest BCUT2D eigenvalue weighted by atomic mass is 10.0. The zero-order chi connectivity index (χ0) is 22.0. The Hall–Kier alpha value is -0.410. The van der Waals surface area contributed by atoms with Crippen molar-refractivity contribution < 1.29 is 9.90 Å². The highest BCUT2D eigenvalue weighted by molar-refractivity contribution is 5.78. The maximum absolute atomic E-state index is 11.8. The Bertz CT molecular complexity index is 333. The minimum absolute atomic E-state index is 0.174. The Labute approximate surface area is 189 Å². The van der Waals surface area contributed by atoms with E-state index in [1.807, 2.05) is 0 Å². The lowest BCUT2D eigenvalue weighted by Gasteiger charge is -2.04. The van der Waals surface area contributed by atoms with Crippen molar-refractivity contribution in [2.24, 2.45) is 0 Å². The fraction of sp³-hybridized carbons (Fsp3) is 0.963. The van der Waals surface area contributed by atoms with Gasteiger partial charge >= 0.3 is 0 Å². The molecule has 0 atom stereocenters. The maximum atomic E-state index is 11.8. The van der Waals surface area contributed by atoms with Crippen molar-refractivity contribution in [1.82, 2.24) is 5.32 Å². The summed E-state index contributed by atoms with van der Waals surface area (Å²) in [5, 5.41) is 11.8. The Morgan fingerprint density at radius 1 is 0.533 bits per heavy atom. The van der Waals surface area contributed by atoms with Crippen LogP contribution in [0.4, 0.5) is 0 Å². The smallest absolute Gasteiger partial charge is 0.132 e. The van der Waals surface area contributed by atoms with Gasteiger partial charge in [0.2, 0.25) is 0 Å². The van der Waals surface area contributed by atoms with Crippen LogP contribution in [0, 0.1) is 0 Å². The van der Waals surface area contributed by atoms with E-state index in [1.165, 1.54) is 116 Å². The van der Waals surface area contributed by atoms with E-state index < -0.39 is 0 Å². The molecule has 0 rings (SSSR count). The van der Waals surface area contributed by atoms with Gasteiger partial charge in [0.25, 0.3) is 0 Å². The summed E-state index contributed by atoms with van der Waals surface area (Å²) in [6, 6.07) is 0. The first-order chi connectivity index (χ1) is 14.8. The van der Waals surface area contributed by atoms with Crippen LogP contribution in [0.1, 0.15) is 148 Å². The van der Waals surface area contributed by atoms with Gasteiger partial charge in [0.1, 0.15) is 5.78 Å². The number of rotatable bonds is 26. The second-order valence-electron chi connectivity index (χ2n) is 9.23. The van der Waals surface area contributed by atoms with Crippen LogP contribution in [0.3, 0.4) is 0 Å². The molecule has 3 heteroatoms. The van der Waals surface area contributed by atoms with Gasteiger partial charge in [0.05, 0.1) is 6.61 Å². The van der Waals surface area contributed by atoms with Crippen molar-refractivity contribution >= 4 is 5.78 Å². The van der Waals surface area contributed by atoms with Crippen LogP contribution in [0.2, 0.25) is 0 Å². The van der Waals surface area contributed by atoms with E-state index in [9.17, 15) is 4.79 Å². The summed E-state index contributed by atoms with van der Waals surface area (Å²) in [4.78, 5) is 11.8. The quantitative estimate of drug-likeness (QED) is 0.139. The third kappa shape index (κ3) is 25.6. The van der Waals surface area contributed by atoms with Gasteiger partial charge in [-0.1, -0.05) is 122 Å². The molecule has 0 fully saturated rings. The number of ketones is 1. The minimum Gasteiger partial charge on any atom is -0.395 e. The van der Waals surface area contributed by atoms with Gasteiger partial charge in [0, 0.05) is 19.4 Å². The maximum Gasteiger partial charge on any atom is 0.132 e. The molecule has 2 N–H and O–H groups in total. The van der Waals surface area contributed by atoms with Crippen LogP contribution >= 0.6 is 0 Å². The number of carbonyl (C=O) groups excluding carboxylic acids is 1. The molecular formula is C27H55NO2. The number of aliphatic hydroxyl groups is 1. The molecule has 0 heterocycles. The van der Waals surface area contributed by atoms with Crippen LogP contribution in [0.15, 0.2) is 0 Å². The molecule has 3 nitrogen and oxygen atoms in total. The normalized spacial score (nSPS) is 11.3. The van der Waals surface area contributed by atoms with Gasteiger partial charge in [-0.15, -0.1) is 0 Å². The number of Topliss-reactive ketones (excluding diaryl/α,β-unsaturated/α-hetero) is 1. The molecule has 0 unspecified atom stereocenters. The summed E-state index contributed by atoms with van der Waals surface area (Å²) in [5.74, 6) is 0.410. The van der Waals surface area contributed by atoms with E-state index in [2.05, 4.69) is 12.2 Å². The first-order valence-corrected chi connectivity index (χ1v) is 13.6. The molecule has 0 spiro atoms. The average Bonchev–Trinajstić information content (AvgIpc) is 2.75. The van der Waals surface area contributed by atoms with Gasteiger partial charge in [-0.3, -0.25) is 4.79 Å². The largest absolute Gasteiger partial charge is 0.395 e. The summed E-state index contributed by atoms with van der Waals surface area (Å²) in [6.07, 6.45) is 28.8. The number of carbonyl (C=O) groups is 1. The first-order valence-electron chi connectivity index (χ1n) is 13.6. The molecule has 0 aromatic heterocycles. The summed E-state index contributed by atoms with van der Waals surface area (Å²) in [5.41, 5.74) is 0. The summed E-state index contributed by atoms with van der Waals surface area (Å²) in [6.45, 7) is 3.93. The lowest BCUT2D eigenvalue weighted by molar-refractivity contribution is -0.119. The SMILES string of the molecule is CCCCCCCCCCCCCCCCCCCCCC(=O)CCCNCCO. The van der Waals surface area contributed by atoms with E-state index in [0.29, 0.717) is 18.7 Å². The predicted molar refractivity (Wildman–Crippen MR) is 132 cm³/mol. The third-order valence-corrected chi connectivity index (χ3v) is 6.16. The molecule has 0 aromatic rings. The topological polar surface area (TPSA) is 49.3 Å². The van der Waals surface area contributed by atoms with Crippen LogP contribution in [0.5, 0.6) is 0 Å². The van der Waals surface area contributed by atoms with Gasteiger partial charge in [-0.05, 0) is 19.4 Å². The molecular weight excluding hydrogens is 370 g/mol. The number of nitrogens with one attached hydrogen (secondary N) is 1. The van der Waals surface area contributed by atoms with Crippen molar-refractivity contribution in [3.63, 3.8) is 0 Å². The van der Waals surface area contributed by atoms with Crippen LogP contribution < -0.4 is 5.32 Å². The van der Waals surface area contributed by atoms with E-state index in [4.69, 9.17) is 5.11 Å². The Morgan fingerprint density at radius 2 is 0.900 bits per heavy atom. The van der Waals surface area contributed by atoms with Crippen molar-refractivity contribution in [3.05, 3.63) is 0 Å². The number of hydrogen-bond acceptors (Lipinski definition) is 3. The van der Waals surface area contributed by atoms with Gasteiger partial charge in [-0.25, -0.2) is 0 Å². The summed E-state index contributed by atoms with van der Waals surface area (Å²) in [7, 11) is 0. The van der Waals surface area contributed by atoms with Crippen molar-refractivity contribution in [2.75, 3.05) is 19.7 Å². The van der Waals surface area contributed by atoms with Gasteiger partial charge in [0.15, 0.2) is 0 Å². The number of unbranched alkanes of at least 4 members (excludes halogenated alkanes) is 18. The van der Waals surface area contributed by atoms with E-state index in [-0.39, 0.29) is 6.61 Å². The van der Waals surface area contributed by atoms with E-state index in [1.54, 1.807) is 0 Å². The zero-order valence-corrected chi connectivity index (χ0v) is 20.5. The number of aliphatic hydroxyl groups excluding tert-OH is 1. The first kappa shape index (κ1) is 29.6. The molecule has 0 aliphatic heterocycles. The fourth-order valence-corrected chi connectivity index (χ4v) is 4.14. The average molecular weight is 426 g/mol. The lowest BCUT2D eigenvalue weighted by Crippen LogP contribution is -2.19. The molecule has 0 aromatic carbocycles. The van der Waals surface area contributed by atoms with Gasteiger partial charge in [-0.2, -0.15) is 0 Å². The number of hydrogen-bond donors (Lipinski definition) is 2. The zero-order valence-electron chi connectivity index (χ0n) is 20.5. The second-order valence-corrected chi connectivity index (χ2v) is 9.23.